The van der Waals surface area contributed by atoms with Gasteiger partial charge in [0, 0.05) is 25.9 Å². The molecule has 0 aliphatic carbocycles. The summed E-state index contributed by atoms with van der Waals surface area (Å²) in [6.45, 7) is 6.40. The smallest absolute Gasteiger partial charge is 0.108 e. The Hall–Kier alpha value is -0.830. The van der Waals surface area contributed by atoms with Crippen molar-refractivity contribution in [3.8, 4) is 0 Å². The first-order valence-electron chi connectivity index (χ1n) is 5.66. The van der Waals surface area contributed by atoms with E-state index in [1.54, 1.807) is 6.20 Å². The van der Waals surface area contributed by atoms with Gasteiger partial charge >= 0.3 is 0 Å². The van der Waals surface area contributed by atoms with Crippen molar-refractivity contribution in [3.05, 3.63) is 18.2 Å². The minimum atomic E-state index is -0.221. The van der Waals surface area contributed by atoms with Crippen LogP contribution in [0.3, 0.4) is 0 Å². The second kappa shape index (κ2) is 5.31. The molecule has 0 aliphatic rings. The average Bonchev–Trinajstić information content (AvgIpc) is 2.59. The second-order valence-corrected chi connectivity index (χ2v) is 4.66. The Morgan fingerprint density at radius 3 is 2.53 bits per heavy atom. The number of aliphatic hydroxyl groups is 1. The molecule has 0 bridgehead atoms. The van der Waals surface area contributed by atoms with E-state index in [-0.39, 0.29) is 6.10 Å². The van der Waals surface area contributed by atoms with E-state index in [1.807, 2.05) is 17.8 Å². The van der Waals surface area contributed by atoms with Crippen LogP contribution in [0.25, 0.3) is 0 Å². The van der Waals surface area contributed by atoms with Crippen molar-refractivity contribution in [1.29, 1.82) is 0 Å². The number of imidazole rings is 1. The maximum absolute atomic E-state index is 9.94. The van der Waals surface area contributed by atoms with Crippen LogP contribution in [0.5, 0.6) is 0 Å². The number of nitrogens with zero attached hydrogens (tertiary/aromatic N) is 2. The molecule has 1 aromatic heterocycles. The maximum atomic E-state index is 9.94. The fraction of sp³-hybridized carbons (Fsp3) is 0.750. The van der Waals surface area contributed by atoms with E-state index < -0.39 is 0 Å². The molecule has 0 aliphatic heterocycles. The van der Waals surface area contributed by atoms with Crippen molar-refractivity contribution in [2.45, 2.75) is 39.7 Å². The summed E-state index contributed by atoms with van der Waals surface area (Å²) >= 11 is 0. The molecule has 0 amide bonds. The van der Waals surface area contributed by atoms with Crippen LogP contribution in [0.1, 0.15) is 33.0 Å². The summed E-state index contributed by atoms with van der Waals surface area (Å²) < 4.78 is 2.01. The van der Waals surface area contributed by atoms with Crippen molar-refractivity contribution < 1.29 is 5.11 Å². The van der Waals surface area contributed by atoms with Gasteiger partial charge in [0.25, 0.3) is 0 Å². The Bertz CT molecular complexity index is 294. The quantitative estimate of drug-likeness (QED) is 0.807. The van der Waals surface area contributed by atoms with E-state index in [4.69, 9.17) is 0 Å². The van der Waals surface area contributed by atoms with Crippen LogP contribution in [0.15, 0.2) is 12.4 Å². The van der Waals surface area contributed by atoms with Gasteiger partial charge in [-0.15, -0.1) is 0 Å². The van der Waals surface area contributed by atoms with Crippen LogP contribution >= 0.6 is 0 Å². The van der Waals surface area contributed by atoms with E-state index in [9.17, 15) is 5.11 Å². The monoisotopic (exact) mass is 210 g/mol. The first kappa shape index (κ1) is 12.2. The molecule has 2 unspecified atom stereocenters. The highest BCUT2D eigenvalue weighted by Gasteiger charge is 2.17. The molecule has 0 fully saturated rings. The van der Waals surface area contributed by atoms with E-state index in [0.29, 0.717) is 11.8 Å². The summed E-state index contributed by atoms with van der Waals surface area (Å²) in [6.07, 6.45) is 5.16. The van der Waals surface area contributed by atoms with Crippen LogP contribution < -0.4 is 0 Å². The Balaban J connectivity index is 2.40. The molecule has 1 rings (SSSR count). The summed E-state index contributed by atoms with van der Waals surface area (Å²) in [5.74, 6) is 1.93. The summed E-state index contributed by atoms with van der Waals surface area (Å²) in [6, 6.07) is 0. The molecule has 0 aromatic carbocycles. The maximum Gasteiger partial charge on any atom is 0.108 e. The van der Waals surface area contributed by atoms with E-state index in [1.165, 1.54) is 0 Å². The molecule has 1 N–H and O–H groups in total. The van der Waals surface area contributed by atoms with Crippen molar-refractivity contribution in [2.24, 2.45) is 18.9 Å². The number of aryl methyl sites for hydroxylation is 2. The van der Waals surface area contributed by atoms with Crippen molar-refractivity contribution >= 4 is 0 Å². The summed E-state index contributed by atoms with van der Waals surface area (Å²) in [7, 11) is 1.99. The molecule has 1 heterocycles. The standard InChI is InChI=1S/C12H22N2O/c1-9(2)10(3)11(15)5-6-12-13-7-8-14(12)4/h7-11,15H,5-6H2,1-4H3. The van der Waals surface area contributed by atoms with Gasteiger partial charge in [0.2, 0.25) is 0 Å². The number of rotatable bonds is 5. The molecular weight excluding hydrogens is 188 g/mol. The van der Waals surface area contributed by atoms with Crippen molar-refractivity contribution in [1.82, 2.24) is 9.55 Å². The molecule has 3 nitrogen and oxygen atoms in total. The first-order valence-corrected chi connectivity index (χ1v) is 5.66. The van der Waals surface area contributed by atoms with Gasteiger partial charge in [-0.25, -0.2) is 4.98 Å². The number of aromatic nitrogens is 2. The minimum Gasteiger partial charge on any atom is -0.393 e. The Kier molecular flexibility index (Phi) is 4.33. The largest absolute Gasteiger partial charge is 0.393 e. The third-order valence-electron chi connectivity index (χ3n) is 3.24. The molecule has 0 saturated carbocycles. The second-order valence-electron chi connectivity index (χ2n) is 4.66. The Morgan fingerprint density at radius 1 is 1.40 bits per heavy atom. The normalized spacial score (nSPS) is 15.6. The summed E-state index contributed by atoms with van der Waals surface area (Å²) in [5.41, 5.74) is 0. The summed E-state index contributed by atoms with van der Waals surface area (Å²) in [5, 5.41) is 9.94. The fourth-order valence-electron chi connectivity index (χ4n) is 1.62. The van der Waals surface area contributed by atoms with Gasteiger partial charge in [0.15, 0.2) is 0 Å². The average molecular weight is 210 g/mol. The molecule has 1 aromatic rings. The van der Waals surface area contributed by atoms with Gasteiger partial charge in [-0.1, -0.05) is 20.8 Å². The van der Waals surface area contributed by atoms with E-state index >= 15 is 0 Å². The molecule has 3 heteroatoms. The van der Waals surface area contributed by atoms with Gasteiger partial charge in [-0.3, -0.25) is 0 Å². The number of hydrogen-bond acceptors (Lipinski definition) is 2. The molecule has 86 valence electrons. The highest BCUT2D eigenvalue weighted by molar-refractivity contribution is 4.91. The van der Waals surface area contributed by atoms with Crippen LogP contribution in [0, 0.1) is 11.8 Å². The lowest BCUT2D eigenvalue weighted by molar-refractivity contribution is 0.0835. The van der Waals surface area contributed by atoms with Gasteiger partial charge in [-0.2, -0.15) is 0 Å². The molecule has 2 atom stereocenters. The predicted octanol–water partition coefficient (Wildman–Crippen LogP) is 2.01. The predicted molar refractivity (Wildman–Crippen MR) is 61.5 cm³/mol. The molecule has 0 saturated heterocycles. The van der Waals surface area contributed by atoms with Crippen molar-refractivity contribution in [3.63, 3.8) is 0 Å². The molecule has 0 spiro atoms. The third-order valence-corrected chi connectivity index (χ3v) is 3.24. The Labute approximate surface area is 92.1 Å². The summed E-state index contributed by atoms with van der Waals surface area (Å²) in [4.78, 5) is 4.24. The van der Waals surface area contributed by atoms with Gasteiger partial charge in [0.05, 0.1) is 6.10 Å². The molecular formula is C12H22N2O. The third kappa shape index (κ3) is 3.34. The molecule has 15 heavy (non-hydrogen) atoms. The zero-order valence-electron chi connectivity index (χ0n) is 10.1. The van der Waals surface area contributed by atoms with Crippen LogP contribution in [0.4, 0.5) is 0 Å². The van der Waals surface area contributed by atoms with Crippen LogP contribution in [-0.4, -0.2) is 20.8 Å². The van der Waals surface area contributed by atoms with Gasteiger partial charge in [-0.05, 0) is 18.3 Å². The van der Waals surface area contributed by atoms with Gasteiger partial charge in [0.1, 0.15) is 5.82 Å². The number of hydrogen-bond donors (Lipinski definition) is 1. The van der Waals surface area contributed by atoms with Crippen molar-refractivity contribution in [2.75, 3.05) is 0 Å². The lowest BCUT2D eigenvalue weighted by Crippen LogP contribution is -2.23. The minimum absolute atomic E-state index is 0.221. The highest BCUT2D eigenvalue weighted by atomic mass is 16.3. The van der Waals surface area contributed by atoms with E-state index in [2.05, 4.69) is 25.8 Å². The van der Waals surface area contributed by atoms with Gasteiger partial charge < -0.3 is 9.67 Å². The van der Waals surface area contributed by atoms with Crippen LogP contribution in [-0.2, 0) is 13.5 Å². The lowest BCUT2D eigenvalue weighted by Gasteiger charge is -2.21. The highest BCUT2D eigenvalue weighted by Crippen LogP contribution is 2.18. The number of aliphatic hydroxyl groups excluding tert-OH is 1. The molecule has 0 radical (unpaired) electrons. The lowest BCUT2D eigenvalue weighted by atomic mass is 9.90. The fourth-order valence-corrected chi connectivity index (χ4v) is 1.62. The van der Waals surface area contributed by atoms with E-state index in [0.717, 1.165) is 18.7 Å². The zero-order chi connectivity index (χ0) is 11.4. The Morgan fingerprint density at radius 2 is 2.07 bits per heavy atom. The topological polar surface area (TPSA) is 38.1 Å². The SMILES string of the molecule is CC(C)C(C)C(O)CCc1nccn1C. The van der Waals surface area contributed by atoms with Crippen LogP contribution in [0.2, 0.25) is 0 Å². The zero-order valence-corrected chi connectivity index (χ0v) is 10.1. The first-order chi connectivity index (χ1) is 7.02.